The molecule has 2 heterocycles. The van der Waals surface area contributed by atoms with Crippen LogP contribution in [0.25, 0.3) is 16.9 Å². The average molecular weight is 463 g/mol. The molecule has 0 unspecified atom stereocenters. The second-order valence-corrected chi connectivity index (χ2v) is 8.18. The lowest BCUT2D eigenvalue weighted by molar-refractivity contribution is -0.119. The first kappa shape index (κ1) is 16.8. The smallest absolute Gasteiger partial charge is 0.227 e. The molecule has 6 heteroatoms. The molecule has 0 saturated heterocycles. The van der Waals surface area contributed by atoms with Gasteiger partial charge < -0.3 is 9.72 Å². The van der Waals surface area contributed by atoms with Gasteiger partial charge in [0.25, 0.3) is 0 Å². The number of rotatable bonds is 3. The van der Waals surface area contributed by atoms with E-state index in [4.69, 9.17) is 4.98 Å². The summed E-state index contributed by atoms with van der Waals surface area (Å²) in [6, 6.07) is 9.85. The molecule has 1 N–H and O–H groups in total. The van der Waals surface area contributed by atoms with Gasteiger partial charge >= 0.3 is 0 Å². The van der Waals surface area contributed by atoms with E-state index in [0.717, 1.165) is 57.2 Å². The third-order valence-corrected chi connectivity index (χ3v) is 5.64. The van der Waals surface area contributed by atoms with Crippen molar-refractivity contribution in [1.82, 2.24) is 9.38 Å². The second-order valence-electron chi connectivity index (χ2n) is 6.41. The van der Waals surface area contributed by atoms with E-state index >= 15 is 0 Å². The first-order chi connectivity index (χ1) is 12.1. The predicted molar refractivity (Wildman–Crippen MR) is 107 cm³/mol. The van der Waals surface area contributed by atoms with Crippen LogP contribution in [-0.4, -0.2) is 15.3 Å². The third-order valence-electron chi connectivity index (χ3n) is 4.62. The number of hydrogen-bond donors (Lipinski definition) is 1. The van der Waals surface area contributed by atoms with E-state index in [1.165, 1.54) is 0 Å². The molecule has 4 rings (SSSR count). The highest BCUT2D eigenvalue weighted by atomic mass is 79.9. The molecule has 0 spiro atoms. The number of aromatic nitrogens is 2. The van der Waals surface area contributed by atoms with Crippen LogP contribution in [0.4, 0.5) is 5.69 Å². The van der Waals surface area contributed by atoms with Crippen molar-refractivity contribution in [2.75, 3.05) is 5.32 Å². The average Bonchev–Trinajstić information content (AvgIpc) is 3.24. The summed E-state index contributed by atoms with van der Waals surface area (Å²) in [5.41, 5.74) is 3.54. The molecular weight excluding hydrogens is 446 g/mol. The van der Waals surface area contributed by atoms with Gasteiger partial charge in [-0.15, -0.1) is 0 Å². The number of pyridine rings is 1. The molecule has 1 amide bonds. The number of amides is 1. The van der Waals surface area contributed by atoms with Crippen LogP contribution in [0, 0.1) is 5.92 Å². The number of fused-ring (bicyclic) bond motifs is 1. The summed E-state index contributed by atoms with van der Waals surface area (Å²) in [6.45, 7) is 0. The van der Waals surface area contributed by atoms with E-state index in [9.17, 15) is 4.79 Å². The Bertz CT molecular complexity index is 945. The number of carbonyl (C=O) groups is 1. The predicted octanol–water partition coefficient (Wildman–Crippen LogP) is 5.66. The zero-order chi connectivity index (χ0) is 17.4. The van der Waals surface area contributed by atoms with Gasteiger partial charge in [-0.3, -0.25) is 4.79 Å². The van der Waals surface area contributed by atoms with Crippen LogP contribution in [0.1, 0.15) is 25.7 Å². The van der Waals surface area contributed by atoms with Gasteiger partial charge in [0.2, 0.25) is 5.91 Å². The lowest BCUT2D eigenvalue weighted by atomic mass is 10.1. The maximum absolute atomic E-state index is 12.3. The number of halogens is 2. The van der Waals surface area contributed by atoms with Gasteiger partial charge in [-0.2, -0.15) is 0 Å². The fourth-order valence-corrected chi connectivity index (χ4v) is 4.65. The van der Waals surface area contributed by atoms with Crippen molar-refractivity contribution in [2.24, 2.45) is 5.92 Å². The second kappa shape index (κ2) is 6.92. The van der Waals surface area contributed by atoms with Crippen LogP contribution in [-0.2, 0) is 4.79 Å². The maximum Gasteiger partial charge on any atom is 0.227 e. The Labute approximate surface area is 162 Å². The van der Waals surface area contributed by atoms with Crippen LogP contribution in [0.2, 0.25) is 0 Å². The Balaban J connectivity index is 1.63. The molecule has 128 valence electrons. The quantitative estimate of drug-likeness (QED) is 0.546. The first-order valence-corrected chi connectivity index (χ1v) is 9.94. The zero-order valence-corrected chi connectivity index (χ0v) is 16.7. The van der Waals surface area contributed by atoms with E-state index in [1.54, 1.807) is 0 Å². The molecule has 1 aromatic carbocycles. The topological polar surface area (TPSA) is 46.4 Å². The molecule has 25 heavy (non-hydrogen) atoms. The van der Waals surface area contributed by atoms with Crippen molar-refractivity contribution in [3.05, 3.63) is 51.7 Å². The lowest BCUT2D eigenvalue weighted by Crippen LogP contribution is -2.20. The molecule has 0 atom stereocenters. The van der Waals surface area contributed by atoms with Crippen LogP contribution in [0.15, 0.2) is 51.7 Å². The van der Waals surface area contributed by atoms with E-state index in [1.807, 2.05) is 47.1 Å². The van der Waals surface area contributed by atoms with Gasteiger partial charge in [-0.1, -0.05) is 25.0 Å². The molecule has 2 aromatic heterocycles. The summed E-state index contributed by atoms with van der Waals surface area (Å²) in [5.74, 6) is 0.295. The Morgan fingerprint density at radius 1 is 1.16 bits per heavy atom. The Kier molecular flexibility index (Phi) is 4.65. The van der Waals surface area contributed by atoms with E-state index < -0.39 is 0 Å². The summed E-state index contributed by atoms with van der Waals surface area (Å²) in [7, 11) is 0. The summed E-state index contributed by atoms with van der Waals surface area (Å²) >= 11 is 7.04. The number of imidazole rings is 1. The summed E-state index contributed by atoms with van der Waals surface area (Å²) in [5, 5.41) is 3.06. The van der Waals surface area contributed by atoms with E-state index in [-0.39, 0.29) is 11.8 Å². The van der Waals surface area contributed by atoms with Crippen molar-refractivity contribution in [3.63, 3.8) is 0 Å². The zero-order valence-electron chi connectivity index (χ0n) is 13.5. The van der Waals surface area contributed by atoms with Crippen molar-refractivity contribution in [2.45, 2.75) is 25.7 Å². The summed E-state index contributed by atoms with van der Waals surface area (Å²) < 4.78 is 3.89. The first-order valence-electron chi connectivity index (χ1n) is 8.35. The molecule has 3 aromatic rings. The minimum atomic E-state index is 0.135. The van der Waals surface area contributed by atoms with Crippen LogP contribution >= 0.6 is 31.9 Å². The molecule has 1 fully saturated rings. The molecule has 0 aliphatic heterocycles. The minimum absolute atomic E-state index is 0.135. The third kappa shape index (κ3) is 3.51. The molecular formula is C19H17Br2N3O. The summed E-state index contributed by atoms with van der Waals surface area (Å²) in [4.78, 5) is 17.0. The monoisotopic (exact) mass is 461 g/mol. The van der Waals surface area contributed by atoms with Gasteiger partial charge in [0, 0.05) is 34.0 Å². The number of nitrogens with zero attached hydrogens (tertiary/aromatic N) is 2. The minimum Gasteiger partial charge on any atom is -0.326 e. The Hall–Kier alpha value is -1.66. The number of carbonyl (C=O) groups excluding carboxylic acids is 1. The van der Waals surface area contributed by atoms with Gasteiger partial charge in [0.05, 0.1) is 10.2 Å². The van der Waals surface area contributed by atoms with Gasteiger partial charge in [0.15, 0.2) is 5.65 Å². The number of nitrogens with one attached hydrogen (secondary N) is 1. The van der Waals surface area contributed by atoms with Crippen LogP contribution in [0.3, 0.4) is 0 Å². The van der Waals surface area contributed by atoms with Crippen molar-refractivity contribution in [1.29, 1.82) is 0 Å². The Morgan fingerprint density at radius 3 is 2.76 bits per heavy atom. The highest BCUT2D eigenvalue weighted by Gasteiger charge is 2.22. The highest BCUT2D eigenvalue weighted by molar-refractivity contribution is 9.11. The molecule has 1 aliphatic rings. The SMILES string of the molecule is O=C(Nc1cccc(-c2cn3cc(Br)cc(Br)c3n2)c1)C1CCCC1. The molecule has 1 saturated carbocycles. The normalized spacial score (nSPS) is 15.0. The van der Waals surface area contributed by atoms with Gasteiger partial charge in [-0.05, 0) is 62.9 Å². The van der Waals surface area contributed by atoms with E-state index in [2.05, 4.69) is 37.2 Å². The van der Waals surface area contributed by atoms with Crippen molar-refractivity contribution in [3.8, 4) is 11.3 Å². The van der Waals surface area contributed by atoms with Crippen molar-refractivity contribution >= 4 is 49.1 Å². The molecule has 4 nitrogen and oxygen atoms in total. The molecule has 0 radical (unpaired) electrons. The number of anilines is 1. The van der Waals surface area contributed by atoms with Crippen LogP contribution in [0.5, 0.6) is 0 Å². The lowest BCUT2D eigenvalue weighted by Gasteiger charge is -2.11. The number of benzene rings is 1. The molecule has 1 aliphatic carbocycles. The van der Waals surface area contributed by atoms with Crippen LogP contribution < -0.4 is 5.32 Å². The highest BCUT2D eigenvalue weighted by Crippen LogP contribution is 2.29. The fourth-order valence-electron chi connectivity index (χ4n) is 3.35. The standard InChI is InChI=1S/C19H17Br2N3O/c20-14-9-16(21)18-23-17(11-24(18)10-14)13-6-3-7-15(8-13)22-19(25)12-4-1-2-5-12/h3,6-12H,1-2,4-5H2,(H,22,25). The fraction of sp³-hybridized carbons (Fsp3) is 0.263. The van der Waals surface area contributed by atoms with Crippen molar-refractivity contribution < 1.29 is 4.79 Å². The number of hydrogen-bond acceptors (Lipinski definition) is 2. The largest absolute Gasteiger partial charge is 0.326 e. The molecule has 0 bridgehead atoms. The Morgan fingerprint density at radius 2 is 1.96 bits per heavy atom. The van der Waals surface area contributed by atoms with Gasteiger partial charge in [-0.25, -0.2) is 4.98 Å². The maximum atomic E-state index is 12.3. The van der Waals surface area contributed by atoms with E-state index in [0.29, 0.717) is 0 Å². The van der Waals surface area contributed by atoms with Gasteiger partial charge in [0.1, 0.15) is 0 Å². The summed E-state index contributed by atoms with van der Waals surface area (Å²) in [6.07, 6.45) is 8.28.